The van der Waals surface area contributed by atoms with E-state index in [-0.39, 0.29) is 11.5 Å². The lowest BCUT2D eigenvalue weighted by molar-refractivity contribution is -0.125. The second kappa shape index (κ2) is 7.08. The molecule has 0 bridgehead atoms. The van der Waals surface area contributed by atoms with Gasteiger partial charge < -0.3 is 4.74 Å². The van der Waals surface area contributed by atoms with Crippen LogP contribution in [-0.4, -0.2) is 41.1 Å². The van der Waals surface area contributed by atoms with E-state index in [1.165, 1.54) is 3.58 Å². The number of rotatable bonds is 2. The molecule has 1 amide bonds. The van der Waals surface area contributed by atoms with Crippen molar-refractivity contribution in [3.05, 3.63) is 39.5 Å². The van der Waals surface area contributed by atoms with Gasteiger partial charge in [0.1, 0.15) is 17.0 Å². The SMILES string of the molecule is C/C=C(\I)CN1CC[C@]23CC(=O)CC[C@]12N(C(=O)OC(C)(C)C)c1ccccc13. The first-order chi connectivity index (χ1) is 13.6. The fourth-order valence-corrected chi connectivity index (χ4v) is 6.02. The van der Waals surface area contributed by atoms with Gasteiger partial charge in [-0.15, -0.1) is 0 Å². The fourth-order valence-electron chi connectivity index (χ4n) is 5.61. The summed E-state index contributed by atoms with van der Waals surface area (Å²) in [6.45, 7) is 9.38. The molecule has 0 unspecified atom stereocenters. The largest absolute Gasteiger partial charge is 0.443 e. The number of para-hydroxylation sites is 1. The number of allylic oxidation sites excluding steroid dienone is 1. The lowest BCUT2D eigenvalue weighted by Gasteiger charge is -2.52. The van der Waals surface area contributed by atoms with Crippen LogP contribution in [0, 0.1) is 0 Å². The Labute approximate surface area is 186 Å². The summed E-state index contributed by atoms with van der Waals surface area (Å²) in [5.74, 6) is 0.295. The molecule has 4 rings (SSSR count). The second-order valence-corrected chi connectivity index (χ2v) is 10.7. The predicted molar refractivity (Wildman–Crippen MR) is 122 cm³/mol. The molecule has 5 nitrogen and oxygen atoms in total. The average Bonchev–Trinajstić information content (AvgIpc) is 3.09. The minimum atomic E-state index is -0.584. The lowest BCUT2D eigenvalue weighted by atomic mass is 9.63. The van der Waals surface area contributed by atoms with Crippen LogP contribution in [-0.2, 0) is 14.9 Å². The second-order valence-electron chi connectivity index (χ2n) is 9.35. The highest BCUT2D eigenvalue weighted by Crippen LogP contribution is 2.64. The molecule has 2 aliphatic heterocycles. The molecular weight excluding hydrogens is 479 g/mol. The highest BCUT2D eigenvalue weighted by atomic mass is 127. The molecule has 2 heterocycles. The molecule has 0 aromatic heterocycles. The number of nitrogens with zero attached hydrogens (tertiary/aromatic N) is 2. The van der Waals surface area contributed by atoms with Crippen molar-refractivity contribution < 1.29 is 14.3 Å². The van der Waals surface area contributed by atoms with Gasteiger partial charge in [-0.1, -0.05) is 24.3 Å². The molecule has 29 heavy (non-hydrogen) atoms. The number of halogens is 1. The third-order valence-electron chi connectivity index (χ3n) is 6.61. The van der Waals surface area contributed by atoms with Gasteiger partial charge in [0.25, 0.3) is 0 Å². The number of anilines is 1. The molecule has 1 aromatic rings. The van der Waals surface area contributed by atoms with Crippen LogP contribution in [0.25, 0.3) is 0 Å². The Bertz CT molecular complexity index is 890. The molecule has 0 radical (unpaired) electrons. The number of carbonyl (C=O) groups excluding carboxylic acids is 2. The van der Waals surface area contributed by atoms with Gasteiger partial charge in [0.15, 0.2) is 0 Å². The zero-order chi connectivity index (χ0) is 21.0. The first kappa shape index (κ1) is 20.8. The summed E-state index contributed by atoms with van der Waals surface area (Å²) >= 11 is 2.38. The van der Waals surface area contributed by atoms with Crippen LogP contribution in [0.4, 0.5) is 10.5 Å². The normalized spacial score (nSPS) is 29.5. The van der Waals surface area contributed by atoms with Crippen LogP contribution in [0.5, 0.6) is 0 Å². The van der Waals surface area contributed by atoms with Crippen molar-refractivity contribution >= 4 is 40.2 Å². The Kier molecular flexibility index (Phi) is 5.09. The Hall–Kier alpha value is -1.41. The highest BCUT2D eigenvalue weighted by molar-refractivity contribution is 14.1. The van der Waals surface area contributed by atoms with Gasteiger partial charge in [0.2, 0.25) is 0 Å². The highest BCUT2D eigenvalue weighted by Gasteiger charge is 2.71. The van der Waals surface area contributed by atoms with Crippen LogP contribution in [0.15, 0.2) is 33.9 Å². The Morgan fingerprint density at radius 2 is 2.00 bits per heavy atom. The van der Waals surface area contributed by atoms with Crippen LogP contribution in [0.3, 0.4) is 0 Å². The molecule has 1 saturated heterocycles. The lowest BCUT2D eigenvalue weighted by Crippen LogP contribution is -2.67. The van der Waals surface area contributed by atoms with E-state index in [2.05, 4.69) is 39.6 Å². The zero-order valence-corrected chi connectivity index (χ0v) is 19.8. The van der Waals surface area contributed by atoms with Crippen LogP contribution < -0.4 is 4.90 Å². The summed E-state index contributed by atoms with van der Waals surface area (Å²) in [6, 6.07) is 8.11. The van der Waals surface area contributed by atoms with Gasteiger partial charge in [-0.3, -0.25) is 14.6 Å². The summed E-state index contributed by atoms with van der Waals surface area (Å²) in [5, 5.41) is 0. The summed E-state index contributed by atoms with van der Waals surface area (Å²) in [6.07, 6.45) is 4.31. The molecule has 0 spiro atoms. The van der Waals surface area contributed by atoms with E-state index in [0.717, 1.165) is 30.8 Å². The maximum absolute atomic E-state index is 13.6. The molecule has 1 aromatic carbocycles. The standard InChI is InChI=1S/C23H29IN2O3/c1-5-16(24)15-25-13-12-22-14-17(27)10-11-23(22,25)26(20(28)29-21(2,3)4)19-9-7-6-8-18(19)22/h5-9H,10-15H2,1-4H3/b16-5-/t22-,23-/m1/s1. The number of fused-ring (bicyclic) bond motifs is 1. The topological polar surface area (TPSA) is 49.9 Å². The molecule has 3 aliphatic rings. The third kappa shape index (κ3) is 3.05. The number of hydrogen-bond donors (Lipinski definition) is 0. The quantitative estimate of drug-likeness (QED) is 0.518. The summed E-state index contributed by atoms with van der Waals surface area (Å²) < 4.78 is 7.13. The van der Waals surface area contributed by atoms with Gasteiger partial charge in [0.05, 0.1) is 5.69 Å². The van der Waals surface area contributed by atoms with Crippen LogP contribution >= 0.6 is 22.6 Å². The predicted octanol–water partition coefficient (Wildman–Crippen LogP) is 5.17. The number of likely N-dealkylation sites (tertiary alicyclic amines) is 1. The Morgan fingerprint density at radius 3 is 2.69 bits per heavy atom. The van der Waals surface area contributed by atoms with Gasteiger partial charge in [-0.25, -0.2) is 4.79 Å². The summed E-state index contributed by atoms with van der Waals surface area (Å²) in [4.78, 5) is 30.6. The van der Waals surface area contributed by atoms with Crippen molar-refractivity contribution in [2.75, 3.05) is 18.0 Å². The van der Waals surface area contributed by atoms with Gasteiger partial charge in [-0.05, 0) is 74.8 Å². The molecule has 0 N–H and O–H groups in total. The van der Waals surface area contributed by atoms with Crippen molar-refractivity contribution in [3.8, 4) is 0 Å². The smallest absolute Gasteiger partial charge is 0.416 e. The molecular formula is C23H29IN2O3. The first-order valence-electron chi connectivity index (χ1n) is 10.3. The summed E-state index contributed by atoms with van der Waals surface area (Å²) in [5.41, 5.74) is 0.528. The number of benzene rings is 1. The number of ether oxygens (including phenoxy) is 1. The van der Waals surface area contributed by atoms with E-state index in [1.54, 1.807) is 0 Å². The number of Topliss-reactive ketones (excluding diaryl/α,β-unsaturated/α-hetero) is 1. The molecule has 2 fully saturated rings. The van der Waals surface area contributed by atoms with E-state index in [1.807, 2.05) is 50.8 Å². The molecule has 2 atom stereocenters. The van der Waals surface area contributed by atoms with E-state index in [4.69, 9.17) is 4.74 Å². The minimum Gasteiger partial charge on any atom is -0.443 e. The van der Waals surface area contributed by atoms with Crippen LogP contribution in [0.2, 0.25) is 0 Å². The van der Waals surface area contributed by atoms with Crippen molar-refractivity contribution in [1.82, 2.24) is 4.90 Å². The summed E-state index contributed by atoms with van der Waals surface area (Å²) in [7, 11) is 0. The molecule has 156 valence electrons. The molecule has 1 saturated carbocycles. The Balaban J connectivity index is 1.91. The maximum atomic E-state index is 13.6. The fraction of sp³-hybridized carbons (Fsp3) is 0.565. The number of amides is 1. The van der Waals surface area contributed by atoms with E-state index >= 15 is 0 Å². The third-order valence-corrected chi connectivity index (χ3v) is 7.58. The van der Waals surface area contributed by atoms with E-state index in [9.17, 15) is 9.59 Å². The Morgan fingerprint density at radius 1 is 1.28 bits per heavy atom. The average molecular weight is 508 g/mol. The van der Waals surface area contributed by atoms with Crippen molar-refractivity contribution in [1.29, 1.82) is 0 Å². The van der Waals surface area contributed by atoms with Crippen molar-refractivity contribution in [2.24, 2.45) is 0 Å². The zero-order valence-electron chi connectivity index (χ0n) is 17.6. The van der Waals surface area contributed by atoms with Gasteiger partial charge in [0, 0.05) is 34.9 Å². The number of hydrogen-bond acceptors (Lipinski definition) is 4. The molecule has 6 heteroatoms. The van der Waals surface area contributed by atoms with Crippen molar-refractivity contribution in [3.63, 3.8) is 0 Å². The minimum absolute atomic E-state index is 0.295. The van der Waals surface area contributed by atoms with Gasteiger partial charge >= 0.3 is 6.09 Å². The van der Waals surface area contributed by atoms with Gasteiger partial charge in [-0.2, -0.15) is 0 Å². The van der Waals surface area contributed by atoms with Crippen molar-refractivity contribution in [2.45, 2.75) is 70.1 Å². The van der Waals surface area contributed by atoms with Crippen LogP contribution in [0.1, 0.15) is 58.9 Å². The maximum Gasteiger partial charge on any atom is 0.416 e. The first-order valence-corrected chi connectivity index (χ1v) is 11.4. The number of carbonyl (C=O) groups is 2. The van der Waals surface area contributed by atoms with E-state index < -0.39 is 11.3 Å². The monoisotopic (exact) mass is 508 g/mol. The van der Waals surface area contributed by atoms with E-state index in [0.29, 0.717) is 25.0 Å². The number of ketones is 1. The molecule has 1 aliphatic carbocycles.